The third kappa shape index (κ3) is 2.17. The Morgan fingerprint density at radius 3 is 2.82 bits per heavy atom. The molecule has 1 fully saturated rings. The van der Waals surface area contributed by atoms with E-state index in [9.17, 15) is 0 Å². The Morgan fingerprint density at radius 1 is 1.64 bits per heavy atom. The lowest BCUT2D eigenvalue weighted by molar-refractivity contribution is 0.0236. The summed E-state index contributed by atoms with van der Waals surface area (Å²) in [6, 6.07) is 0.662. The molecule has 0 saturated carbocycles. The quantitative estimate of drug-likeness (QED) is 0.615. The zero-order valence-electron chi connectivity index (χ0n) is 7.84. The van der Waals surface area contributed by atoms with Gasteiger partial charge in [-0.3, -0.25) is 0 Å². The Morgan fingerprint density at radius 2 is 2.36 bits per heavy atom. The van der Waals surface area contributed by atoms with Crippen LogP contribution in [0, 0.1) is 0 Å². The van der Waals surface area contributed by atoms with E-state index >= 15 is 0 Å². The smallest absolute Gasteiger partial charge is 0.0701 e. The van der Waals surface area contributed by atoms with E-state index in [-0.39, 0.29) is 0 Å². The van der Waals surface area contributed by atoms with Crippen molar-refractivity contribution in [2.24, 2.45) is 0 Å². The van der Waals surface area contributed by atoms with Crippen LogP contribution in [-0.4, -0.2) is 37.2 Å². The van der Waals surface area contributed by atoms with Crippen LogP contribution in [0.5, 0.6) is 0 Å². The first-order valence-corrected chi connectivity index (χ1v) is 4.57. The fraction of sp³-hybridized carbons (Fsp3) is 1.00. The van der Waals surface area contributed by atoms with Crippen LogP contribution in [0.15, 0.2) is 0 Å². The van der Waals surface area contributed by atoms with Gasteiger partial charge in [0.15, 0.2) is 0 Å². The fourth-order valence-electron chi connectivity index (χ4n) is 1.90. The lowest BCUT2D eigenvalue weighted by Gasteiger charge is -2.25. The predicted molar refractivity (Wildman–Crippen MR) is 46.7 cm³/mol. The molecule has 2 nitrogen and oxygen atoms in total. The van der Waals surface area contributed by atoms with Crippen molar-refractivity contribution >= 4 is 0 Å². The zero-order valence-corrected chi connectivity index (χ0v) is 7.84. The second-order valence-corrected chi connectivity index (χ2v) is 3.35. The number of nitrogens with zero attached hydrogens (tertiary/aromatic N) is 1. The van der Waals surface area contributed by atoms with Gasteiger partial charge in [-0.1, -0.05) is 0 Å². The van der Waals surface area contributed by atoms with Gasteiger partial charge in [-0.25, -0.2) is 0 Å². The van der Waals surface area contributed by atoms with Crippen molar-refractivity contribution in [2.75, 3.05) is 20.2 Å². The highest BCUT2D eigenvalue weighted by Gasteiger charge is 2.26. The van der Waals surface area contributed by atoms with E-state index < -0.39 is 0 Å². The Labute approximate surface area is 69.5 Å². The first-order chi connectivity index (χ1) is 5.25. The van der Waals surface area contributed by atoms with Gasteiger partial charge in [0.05, 0.1) is 6.10 Å². The van der Waals surface area contributed by atoms with Crippen LogP contribution >= 0.6 is 0 Å². The number of likely N-dealkylation sites (N-methyl/N-ethyl adjacent to an activating group) is 1. The SMILES string of the molecule is CCO[C@@H](C)[C@@H]1CCCN1C. The van der Waals surface area contributed by atoms with E-state index in [1.165, 1.54) is 19.4 Å². The second kappa shape index (κ2) is 4.07. The molecule has 0 aromatic rings. The van der Waals surface area contributed by atoms with Gasteiger partial charge in [-0.05, 0) is 40.3 Å². The lowest BCUT2D eigenvalue weighted by Crippen LogP contribution is -2.36. The van der Waals surface area contributed by atoms with E-state index in [4.69, 9.17) is 4.74 Å². The van der Waals surface area contributed by atoms with Gasteiger partial charge in [0.25, 0.3) is 0 Å². The molecule has 0 unspecified atom stereocenters. The summed E-state index contributed by atoms with van der Waals surface area (Å²) >= 11 is 0. The van der Waals surface area contributed by atoms with Gasteiger partial charge < -0.3 is 9.64 Å². The standard InChI is InChI=1S/C9H19NO/c1-4-11-8(2)9-6-5-7-10(9)3/h8-9H,4-7H2,1-3H3/t8-,9-/m0/s1. The molecule has 1 heterocycles. The summed E-state index contributed by atoms with van der Waals surface area (Å²) in [6.45, 7) is 6.31. The molecule has 0 aromatic heterocycles. The number of likely N-dealkylation sites (tertiary alicyclic amines) is 1. The van der Waals surface area contributed by atoms with Gasteiger partial charge in [0.1, 0.15) is 0 Å². The maximum atomic E-state index is 5.55. The Hall–Kier alpha value is -0.0800. The lowest BCUT2D eigenvalue weighted by atomic mass is 10.1. The summed E-state index contributed by atoms with van der Waals surface area (Å²) in [4.78, 5) is 2.40. The molecule has 1 saturated heterocycles. The highest BCUT2D eigenvalue weighted by molar-refractivity contribution is 4.81. The van der Waals surface area contributed by atoms with Crippen LogP contribution in [0.3, 0.4) is 0 Å². The maximum Gasteiger partial charge on any atom is 0.0701 e. The summed E-state index contributed by atoms with van der Waals surface area (Å²) in [5, 5.41) is 0. The minimum Gasteiger partial charge on any atom is -0.377 e. The van der Waals surface area contributed by atoms with Crippen molar-refractivity contribution in [1.82, 2.24) is 4.90 Å². The van der Waals surface area contributed by atoms with E-state index in [0.29, 0.717) is 12.1 Å². The molecule has 0 radical (unpaired) electrons. The first-order valence-electron chi connectivity index (χ1n) is 4.57. The Balaban J connectivity index is 2.33. The summed E-state index contributed by atoms with van der Waals surface area (Å²) in [5.74, 6) is 0. The summed E-state index contributed by atoms with van der Waals surface area (Å²) in [5.41, 5.74) is 0. The number of ether oxygens (including phenoxy) is 1. The van der Waals surface area contributed by atoms with E-state index in [2.05, 4.69) is 25.8 Å². The third-order valence-corrected chi connectivity index (χ3v) is 2.55. The average Bonchev–Trinajstić information content (AvgIpc) is 2.36. The van der Waals surface area contributed by atoms with E-state index in [1.54, 1.807) is 0 Å². The second-order valence-electron chi connectivity index (χ2n) is 3.35. The third-order valence-electron chi connectivity index (χ3n) is 2.55. The molecule has 0 N–H and O–H groups in total. The first kappa shape index (κ1) is 9.01. The Kier molecular flexibility index (Phi) is 3.34. The molecular formula is C9H19NO. The molecule has 0 amide bonds. The van der Waals surface area contributed by atoms with Crippen molar-refractivity contribution in [3.63, 3.8) is 0 Å². The van der Waals surface area contributed by atoms with Gasteiger partial charge >= 0.3 is 0 Å². The summed E-state index contributed by atoms with van der Waals surface area (Å²) in [7, 11) is 2.19. The summed E-state index contributed by atoms with van der Waals surface area (Å²) < 4.78 is 5.55. The molecule has 1 aliphatic rings. The van der Waals surface area contributed by atoms with Crippen LogP contribution in [0.1, 0.15) is 26.7 Å². The van der Waals surface area contributed by atoms with Crippen LogP contribution in [0.2, 0.25) is 0 Å². The van der Waals surface area contributed by atoms with E-state index in [1.807, 2.05) is 0 Å². The molecule has 2 heteroatoms. The minimum atomic E-state index is 0.410. The van der Waals surface area contributed by atoms with Gasteiger partial charge in [0.2, 0.25) is 0 Å². The topological polar surface area (TPSA) is 12.5 Å². The monoisotopic (exact) mass is 157 g/mol. The van der Waals surface area contributed by atoms with Crippen LogP contribution < -0.4 is 0 Å². The molecule has 0 bridgehead atoms. The highest BCUT2D eigenvalue weighted by Crippen LogP contribution is 2.19. The molecule has 2 atom stereocenters. The van der Waals surface area contributed by atoms with Crippen molar-refractivity contribution < 1.29 is 4.74 Å². The molecular weight excluding hydrogens is 138 g/mol. The van der Waals surface area contributed by atoms with Gasteiger partial charge in [-0.15, -0.1) is 0 Å². The zero-order chi connectivity index (χ0) is 8.27. The number of hydrogen-bond acceptors (Lipinski definition) is 2. The highest BCUT2D eigenvalue weighted by atomic mass is 16.5. The molecule has 0 aliphatic carbocycles. The predicted octanol–water partition coefficient (Wildman–Crippen LogP) is 1.51. The molecule has 1 aliphatic heterocycles. The molecule has 66 valence electrons. The van der Waals surface area contributed by atoms with Crippen LogP contribution in [-0.2, 0) is 4.74 Å². The van der Waals surface area contributed by atoms with Gasteiger partial charge in [-0.2, -0.15) is 0 Å². The molecule has 11 heavy (non-hydrogen) atoms. The minimum absolute atomic E-state index is 0.410. The average molecular weight is 157 g/mol. The molecule has 0 spiro atoms. The van der Waals surface area contributed by atoms with Crippen LogP contribution in [0.4, 0.5) is 0 Å². The Bertz CT molecular complexity index is 116. The van der Waals surface area contributed by atoms with Gasteiger partial charge in [0, 0.05) is 12.6 Å². The van der Waals surface area contributed by atoms with Crippen molar-refractivity contribution in [2.45, 2.75) is 38.8 Å². The molecule has 1 rings (SSSR count). The summed E-state index contributed by atoms with van der Waals surface area (Å²) in [6.07, 6.45) is 3.04. The van der Waals surface area contributed by atoms with Crippen molar-refractivity contribution in [3.05, 3.63) is 0 Å². The molecule has 0 aromatic carbocycles. The van der Waals surface area contributed by atoms with Crippen LogP contribution in [0.25, 0.3) is 0 Å². The van der Waals surface area contributed by atoms with E-state index in [0.717, 1.165) is 6.61 Å². The largest absolute Gasteiger partial charge is 0.377 e. The number of hydrogen-bond donors (Lipinski definition) is 0. The normalized spacial score (nSPS) is 29.2. The maximum absolute atomic E-state index is 5.55. The fourth-order valence-corrected chi connectivity index (χ4v) is 1.90. The number of rotatable bonds is 3. The van der Waals surface area contributed by atoms with Crippen molar-refractivity contribution in [3.8, 4) is 0 Å². The van der Waals surface area contributed by atoms with Crippen molar-refractivity contribution in [1.29, 1.82) is 0 Å².